The number of amides is 1. The zero-order chi connectivity index (χ0) is 16.0. The number of rotatable bonds is 6. The van der Waals surface area contributed by atoms with Crippen molar-refractivity contribution in [2.24, 2.45) is 16.1 Å². The smallest absolute Gasteiger partial charge is 0.409 e. The van der Waals surface area contributed by atoms with Crippen LogP contribution in [-0.4, -0.2) is 49.2 Å². The molecule has 0 aromatic heterocycles. The van der Waals surface area contributed by atoms with Crippen molar-refractivity contribution in [1.82, 2.24) is 10.2 Å². The molecule has 126 valence electrons. The highest BCUT2D eigenvalue weighted by Gasteiger charge is 2.41. The predicted octanol–water partition coefficient (Wildman–Crippen LogP) is 2.09. The van der Waals surface area contributed by atoms with Crippen LogP contribution in [0.1, 0.15) is 52.4 Å². The van der Waals surface area contributed by atoms with E-state index in [1.165, 1.54) is 25.7 Å². The van der Waals surface area contributed by atoms with Gasteiger partial charge in [-0.3, -0.25) is 4.99 Å². The summed E-state index contributed by atoms with van der Waals surface area (Å²) in [6.45, 7) is 6.75. The van der Waals surface area contributed by atoms with E-state index >= 15 is 0 Å². The van der Waals surface area contributed by atoms with Crippen molar-refractivity contribution in [2.75, 3.05) is 26.2 Å². The number of aliphatic imine (C=N–C) groups is 1. The zero-order valence-electron chi connectivity index (χ0n) is 13.9. The van der Waals surface area contributed by atoms with Gasteiger partial charge >= 0.3 is 6.09 Å². The van der Waals surface area contributed by atoms with Crippen molar-refractivity contribution in [3.05, 3.63) is 0 Å². The van der Waals surface area contributed by atoms with Gasteiger partial charge in [-0.25, -0.2) is 4.79 Å². The van der Waals surface area contributed by atoms with Crippen LogP contribution < -0.4 is 11.1 Å². The predicted molar refractivity (Wildman–Crippen MR) is 87.8 cm³/mol. The second-order valence-electron chi connectivity index (χ2n) is 6.56. The van der Waals surface area contributed by atoms with Gasteiger partial charge in [-0.05, 0) is 44.4 Å². The lowest BCUT2D eigenvalue weighted by atomic mass is 10.0. The van der Waals surface area contributed by atoms with Crippen molar-refractivity contribution >= 4 is 12.1 Å². The van der Waals surface area contributed by atoms with Crippen LogP contribution in [0.25, 0.3) is 0 Å². The lowest BCUT2D eigenvalue weighted by Crippen LogP contribution is -2.48. The molecular formula is C16H30N4O2. The Morgan fingerprint density at radius 1 is 1.36 bits per heavy atom. The molecule has 1 amide bonds. The first-order valence-corrected chi connectivity index (χ1v) is 8.57. The zero-order valence-corrected chi connectivity index (χ0v) is 13.9. The lowest BCUT2D eigenvalue weighted by Gasteiger charge is -2.31. The summed E-state index contributed by atoms with van der Waals surface area (Å²) in [5.41, 5.74) is 6.45. The van der Waals surface area contributed by atoms with Crippen molar-refractivity contribution in [2.45, 2.75) is 58.4 Å². The maximum Gasteiger partial charge on any atom is 0.409 e. The summed E-state index contributed by atoms with van der Waals surface area (Å²) in [7, 11) is 0. The minimum atomic E-state index is -0.210. The molecule has 1 heterocycles. The molecule has 2 aliphatic rings. The molecule has 0 spiro atoms. The summed E-state index contributed by atoms with van der Waals surface area (Å²) in [5.74, 6) is 0.553. The molecule has 2 fully saturated rings. The highest BCUT2D eigenvalue weighted by molar-refractivity contribution is 5.78. The van der Waals surface area contributed by atoms with E-state index < -0.39 is 0 Å². The van der Waals surface area contributed by atoms with Gasteiger partial charge < -0.3 is 20.7 Å². The van der Waals surface area contributed by atoms with E-state index in [9.17, 15) is 4.79 Å². The molecule has 2 rings (SSSR count). The van der Waals surface area contributed by atoms with Gasteiger partial charge in [-0.15, -0.1) is 0 Å². The number of nitrogens with two attached hydrogens (primary N) is 1. The molecule has 0 atom stereocenters. The number of nitrogens with zero attached hydrogens (tertiary/aromatic N) is 2. The first-order chi connectivity index (χ1) is 10.6. The van der Waals surface area contributed by atoms with Crippen LogP contribution in [0.5, 0.6) is 0 Å². The number of hydrogen-bond donors (Lipinski definition) is 2. The molecule has 6 nitrogen and oxygen atoms in total. The van der Waals surface area contributed by atoms with Gasteiger partial charge in [0.1, 0.15) is 0 Å². The number of carbonyl (C=O) groups is 1. The molecule has 6 heteroatoms. The van der Waals surface area contributed by atoms with E-state index in [0.717, 1.165) is 19.4 Å². The molecule has 1 saturated carbocycles. The van der Waals surface area contributed by atoms with Crippen LogP contribution >= 0.6 is 0 Å². The largest absolute Gasteiger partial charge is 0.450 e. The third-order valence-electron chi connectivity index (χ3n) is 4.70. The quantitative estimate of drug-likeness (QED) is 0.581. The Hall–Kier alpha value is -1.46. The summed E-state index contributed by atoms with van der Waals surface area (Å²) in [6.07, 6.45) is 6.60. The molecule has 0 aromatic carbocycles. The number of nitrogens with one attached hydrogen (secondary N) is 1. The Morgan fingerprint density at radius 3 is 2.59 bits per heavy atom. The van der Waals surface area contributed by atoms with E-state index in [2.05, 4.69) is 17.2 Å². The monoisotopic (exact) mass is 310 g/mol. The number of carbonyl (C=O) groups excluding carboxylic acids is 1. The fraction of sp³-hybridized carbons (Fsp3) is 0.875. The average molecular weight is 310 g/mol. The number of guanidine groups is 1. The Morgan fingerprint density at radius 2 is 2.05 bits per heavy atom. The standard InChI is InChI=1S/C16H30N4O2/c1-3-7-16(8-9-16)12-18-14(17)19-13-5-10-20(11-6-13)15(21)22-4-2/h13H,3-12H2,1-2H3,(H3,17,18,19). The van der Waals surface area contributed by atoms with Crippen LogP contribution in [0.15, 0.2) is 4.99 Å². The SMILES string of the molecule is CCCC1(CN=C(N)NC2CCN(C(=O)OCC)CC2)CC1. The first-order valence-electron chi connectivity index (χ1n) is 8.57. The molecule has 1 saturated heterocycles. The Bertz CT molecular complexity index is 399. The molecule has 1 aliphatic carbocycles. The highest BCUT2D eigenvalue weighted by atomic mass is 16.6. The maximum atomic E-state index is 11.6. The van der Waals surface area contributed by atoms with Gasteiger partial charge in [-0.2, -0.15) is 0 Å². The summed E-state index contributed by atoms with van der Waals surface area (Å²) in [5, 5.41) is 3.30. The molecule has 1 aliphatic heterocycles. The van der Waals surface area contributed by atoms with Crippen LogP contribution in [-0.2, 0) is 4.74 Å². The molecule has 0 unspecified atom stereocenters. The molecule has 3 N–H and O–H groups in total. The second-order valence-corrected chi connectivity index (χ2v) is 6.56. The molecule has 0 bridgehead atoms. The minimum Gasteiger partial charge on any atom is -0.450 e. The van der Waals surface area contributed by atoms with E-state index in [1.54, 1.807) is 4.90 Å². The highest BCUT2D eigenvalue weighted by Crippen LogP contribution is 2.49. The van der Waals surface area contributed by atoms with Crippen LogP contribution in [0.3, 0.4) is 0 Å². The maximum absolute atomic E-state index is 11.6. The fourth-order valence-corrected chi connectivity index (χ4v) is 3.12. The normalized spacial score (nSPS) is 21.5. The molecule has 0 aromatic rings. The van der Waals surface area contributed by atoms with Crippen LogP contribution in [0, 0.1) is 5.41 Å². The average Bonchev–Trinajstić information content (AvgIpc) is 3.27. The van der Waals surface area contributed by atoms with Crippen molar-refractivity contribution in [1.29, 1.82) is 0 Å². The van der Waals surface area contributed by atoms with Crippen molar-refractivity contribution < 1.29 is 9.53 Å². The summed E-state index contributed by atoms with van der Waals surface area (Å²) in [6, 6.07) is 0.302. The minimum absolute atomic E-state index is 0.210. The van der Waals surface area contributed by atoms with E-state index in [-0.39, 0.29) is 6.09 Å². The van der Waals surface area contributed by atoms with Gasteiger partial charge in [0.15, 0.2) is 5.96 Å². The van der Waals surface area contributed by atoms with Gasteiger partial charge in [0, 0.05) is 25.7 Å². The molecule has 0 radical (unpaired) electrons. The van der Waals surface area contributed by atoms with Gasteiger partial charge in [0.25, 0.3) is 0 Å². The number of piperidine rings is 1. The second kappa shape index (κ2) is 7.70. The van der Waals surface area contributed by atoms with Gasteiger partial charge in [0.2, 0.25) is 0 Å². The van der Waals surface area contributed by atoms with E-state index in [0.29, 0.717) is 37.1 Å². The fourth-order valence-electron chi connectivity index (χ4n) is 3.12. The summed E-state index contributed by atoms with van der Waals surface area (Å²) in [4.78, 5) is 17.9. The topological polar surface area (TPSA) is 80.0 Å². The van der Waals surface area contributed by atoms with Crippen LogP contribution in [0.2, 0.25) is 0 Å². The summed E-state index contributed by atoms with van der Waals surface area (Å²) < 4.78 is 5.02. The van der Waals surface area contributed by atoms with Crippen molar-refractivity contribution in [3.8, 4) is 0 Å². The van der Waals surface area contributed by atoms with Crippen LogP contribution in [0.4, 0.5) is 4.79 Å². The Labute approximate surface area is 133 Å². The lowest BCUT2D eigenvalue weighted by molar-refractivity contribution is 0.0963. The Kier molecular flexibility index (Phi) is 5.91. The third-order valence-corrected chi connectivity index (χ3v) is 4.70. The van der Waals surface area contributed by atoms with Gasteiger partial charge in [-0.1, -0.05) is 13.3 Å². The van der Waals surface area contributed by atoms with E-state index in [1.807, 2.05) is 6.92 Å². The number of hydrogen-bond acceptors (Lipinski definition) is 3. The molecular weight excluding hydrogens is 280 g/mol. The number of ether oxygens (including phenoxy) is 1. The summed E-state index contributed by atoms with van der Waals surface area (Å²) >= 11 is 0. The van der Waals surface area contributed by atoms with Gasteiger partial charge in [0.05, 0.1) is 6.61 Å². The van der Waals surface area contributed by atoms with Crippen molar-refractivity contribution in [3.63, 3.8) is 0 Å². The first kappa shape index (κ1) is 16.9. The van der Waals surface area contributed by atoms with E-state index in [4.69, 9.17) is 10.5 Å². The number of likely N-dealkylation sites (tertiary alicyclic amines) is 1. The third kappa shape index (κ3) is 4.78. The molecule has 22 heavy (non-hydrogen) atoms. The Balaban J connectivity index is 1.70.